The minimum absolute atomic E-state index is 0.00642. The number of aromatic hydroxyl groups is 1. The van der Waals surface area contributed by atoms with Crippen LogP contribution in [0.2, 0.25) is 0 Å². The van der Waals surface area contributed by atoms with E-state index in [4.69, 9.17) is 9.47 Å². The Morgan fingerprint density at radius 3 is 2.56 bits per heavy atom. The lowest BCUT2D eigenvalue weighted by molar-refractivity contribution is -0.139. The van der Waals surface area contributed by atoms with Crippen LogP contribution in [-0.2, 0) is 14.3 Å². The fourth-order valence-corrected chi connectivity index (χ4v) is 4.86. The van der Waals surface area contributed by atoms with Crippen LogP contribution in [0.4, 0.5) is 0 Å². The van der Waals surface area contributed by atoms with Gasteiger partial charge < -0.3 is 19.9 Å². The molecule has 2 aromatic rings. The van der Waals surface area contributed by atoms with Crippen LogP contribution < -0.4 is 10.1 Å². The summed E-state index contributed by atoms with van der Waals surface area (Å²) < 4.78 is 11.1. The standard InChI is InChI=1S/C28H31NO5/c1-4-13-34-28(32)25-17(3)29-21-14-20(18-9-7-6-8-10-18)15-23(31)27(21)26(25)19-11-12-22(30)24(16-19)33-5-2/h6-12,16,20,26,29-30H,4-5,13-15H2,1-3H3/t20-,26-/m0/s1. The highest BCUT2D eigenvalue weighted by atomic mass is 16.5. The van der Waals surface area contributed by atoms with Crippen molar-refractivity contribution in [2.24, 2.45) is 0 Å². The summed E-state index contributed by atoms with van der Waals surface area (Å²) in [5.41, 5.74) is 4.37. The van der Waals surface area contributed by atoms with Gasteiger partial charge in [0.25, 0.3) is 0 Å². The summed E-state index contributed by atoms with van der Waals surface area (Å²) in [5.74, 6) is -0.613. The Bertz CT molecular complexity index is 1150. The molecule has 0 unspecified atom stereocenters. The number of carbonyl (C=O) groups excluding carboxylic acids is 2. The van der Waals surface area contributed by atoms with E-state index < -0.39 is 11.9 Å². The molecule has 0 saturated carbocycles. The SMILES string of the molecule is CCCOC(=O)C1=C(C)NC2=C(C(=O)C[C@@H](c3ccccc3)C2)[C@H]1c1ccc(O)c(OCC)c1. The zero-order valence-electron chi connectivity index (χ0n) is 19.9. The van der Waals surface area contributed by atoms with Crippen molar-refractivity contribution >= 4 is 11.8 Å². The van der Waals surface area contributed by atoms with Crippen LogP contribution in [0.5, 0.6) is 11.5 Å². The minimum atomic E-state index is -0.593. The highest BCUT2D eigenvalue weighted by Crippen LogP contribution is 2.46. The van der Waals surface area contributed by atoms with Gasteiger partial charge in [-0.15, -0.1) is 0 Å². The van der Waals surface area contributed by atoms with Crippen LogP contribution in [0.1, 0.15) is 63.0 Å². The Balaban J connectivity index is 1.81. The summed E-state index contributed by atoms with van der Waals surface area (Å²) in [6.07, 6.45) is 1.75. The number of carbonyl (C=O) groups is 2. The Morgan fingerprint density at radius 2 is 1.85 bits per heavy atom. The van der Waals surface area contributed by atoms with Crippen LogP contribution in [0.15, 0.2) is 71.1 Å². The molecule has 1 heterocycles. The molecule has 0 spiro atoms. The number of nitrogens with one attached hydrogen (secondary N) is 1. The molecule has 1 aliphatic carbocycles. The van der Waals surface area contributed by atoms with Gasteiger partial charge in [-0.3, -0.25) is 4.79 Å². The predicted octanol–water partition coefficient (Wildman–Crippen LogP) is 5.11. The molecule has 2 aliphatic rings. The summed E-state index contributed by atoms with van der Waals surface area (Å²) in [6.45, 7) is 6.31. The van der Waals surface area contributed by atoms with E-state index in [0.29, 0.717) is 60.6 Å². The van der Waals surface area contributed by atoms with Gasteiger partial charge in [0.1, 0.15) is 0 Å². The predicted molar refractivity (Wildman–Crippen MR) is 130 cm³/mol. The van der Waals surface area contributed by atoms with Crippen molar-refractivity contribution in [1.29, 1.82) is 0 Å². The highest BCUT2D eigenvalue weighted by Gasteiger charge is 2.41. The molecule has 0 bridgehead atoms. The Kier molecular flexibility index (Phi) is 7.06. The number of allylic oxidation sites excluding steroid dienone is 3. The second-order valence-electron chi connectivity index (χ2n) is 8.72. The van der Waals surface area contributed by atoms with Gasteiger partial charge in [0.15, 0.2) is 17.3 Å². The normalized spacial score (nSPS) is 20.0. The molecule has 0 saturated heterocycles. The van der Waals surface area contributed by atoms with Gasteiger partial charge in [0.05, 0.1) is 18.8 Å². The van der Waals surface area contributed by atoms with Gasteiger partial charge in [-0.2, -0.15) is 0 Å². The van der Waals surface area contributed by atoms with Crippen molar-refractivity contribution in [2.75, 3.05) is 13.2 Å². The first-order valence-corrected chi connectivity index (χ1v) is 11.9. The Morgan fingerprint density at radius 1 is 1.09 bits per heavy atom. The fourth-order valence-electron chi connectivity index (χ4n) is 4.86. The number of phenolic OH excluding ortho intramolecular Hbond substituents is 1. The second kappa shape index (κ2) is 10.2. The van der Waals surface area contributed by atoms with Crippen molar-refractivity contribution in [2.45, 2.75) is 51.9 Å². The summed E-state index contributed by atoms with van der Waals surface area (Å²) in [7, 11) is 0. The number of benzene rings is 2. The van der Waals surface area contributed by atoms with Crippen LogP contribution in [0.25, 0.3) is 0 Å². The van der Waals surface area contributed by atoms with E-state index >= 15 is 0 Å². The van der Waals surface area contributed by atoms with Crippen molar-refractivity contribution in [3.8, 4) is 11.5 Å². The van der Waals surface area contributed by atoms with Gasteiger partial charge in [0.2, 0.25) is 0 Å². The molecule has 0 aromatic heterocycles. The lowest BCUT2D eigenvalue weighted by Gasteiger charge is -2.36. The Hall–Kier alpha value is -3.54. The number of phenols is 1. The van der Waals surface area contributed by atoms with Gasteiger partial charge >= 0.3 is 5.97 Å². The van der Waals surface area contributed by atoms with E-state index in [2.05, 4.69) is 5.32 Å². The maximum absolute atomic E-state index is 13.6. The van der Waals surface area contributed by atoms with E-state index in [0.717, 1.165) is 11.3 Å². The third-order valence-corrected chi connectivity index (χ3v) is 6.37. The summed E-state index contributed by atoms with van der Waals surface area (Å²) in [6, 6.07) is 15.1. The highest BCUT2D eigenvalue weighted by molar-refractivity contribution is 6.04. The van der Waals surface area contributed by atoms with Gasteiger partial charge in [-0.1, -0.05) is 43.3 Å². The van der Waals surface area contributed by atoms with Crippen molar-refractivity contribution in [3.05, 3.63) is 82.2 Å². The molecule has 0 amide bonds. The number of hydrogen-bond acceptors (Lipinski definition) is 6. The number of ketones is 1. The first-order chi connectivity index (χ1) is 16.4. The quantitative estimate of drug-likeness (QED) is 0.558. The second-order valence-corrected chi connectivity index (χ2v) is 8.72. The zero-order chi connectivity index (χ0) is 24.2. The van der Waals surface area contributed by atoms with Gasteiger partial charge in [0, 0.05) is 29.3 Å². The largest absolute Gasteiger partial charge is 0.504 e. The number of ether oxygens (including phenoxy) is 2. The molecule has 178 valence electrons. The summed E-state index contributed by atoms with van der Waals surface area (Å²) in [4.78, 5) is 26.8. The first kappa shape index (κ1) is 23.6. The lowest BCUT2D eigenvalue weighted by Crippen LogP contribution is -2.36. The molecular formula is C28H31NO5. The summed E-state index contributed by atoms with van der Waals surface area (Å²) >= 11 is 0. The molecule has 2 atom stereocenters. The zero-order valence-corrected chi connectivity index (χ0v) is 19.9. The third-order valence-electron chi connectivity index (χ3n) is 6.37. The number of dihydropyridines is 1. The number of rotatable bonds is 7. The van der Waals surface area contributed by atoms with Crippen LogP contribution in [-0.4, -0.2) is 30.1 Å². The van der Waals surface area contributed by atoms with Crippen LogP contribution in [0.3, 0.4) is 0 Å². The number of esters is 1. The maximum Gasteiger partial charge on any atom is 0.336 e. The molecule has 6 heteroatoms. The molecule has 1 aliphatic heterocycles. The maximum atomic E-state index is 13.6. The van der Waals surface area contributed by atoms with E-state index in [-0.39, 0.29) is 17.5 Å². The van der Waals surface area contributed by atoms with Crippen molar-refractivity contribution in [1.82, 2.24) is 5.32 Å². The monoisotopic (exact) mass is 461 g/mol. The van der Waals surface area contributed by atoms with E-state index in [9.17, 15) is 14.7 Å². The molecule has 0 radical (unpaired) electrons. The minimum Gasteiger partial charge on any atom is -0.504 e. The molecule has 34 heavy (non-hydrogen) atoms. The number of hydrogen-bond donors (Lipinski definition) is 2. The molecule has 2 aromatic carbocycles. The van der Waals surface area contributed by atoms with E-state index in [1.165, 1.54) is 0 Å². The smallest absolute Gasteiger partial charge is 0.336 e. The summed E-state index contributed by atoms with van der Waals surface area (Å²) in [5, 5.41) is 13.6. The van der Waals surface area contributed by atoms with Crippen molar-refractivity contribution < 1.29 is 24.2 Å². The topological polar surface area (TPSA) is 84.9 Å². The van der Waals surface area contributed by atoms with Gasteiger partial charge in [-0.25, -0.2) is 4.79 Å². The molecule has 2 N–H and O–H groups in total. The van der Waals surface area contributed by atoms with Gasteiger partial charge in [-0.05, 0) is 55.9 Å². The molecular weight excluding hydrogens is 430 g/mol. The average Bonchev–Trinajstić information content (AvgIpc) is 2.83. The molecule has 6 nitrogen and oxygen atoms in total. The molecule has 0 fully saturated rings. The average molecular weight is 462 g/mol. The van der Waals surface area contributed by atoms with E-state index in [1.807, 2.05) is 51.1 Å². The van der Waals surface area contributed by atoms with Crippen molar-refractivity contribution in [3.63, 3.8) is 0 Å². The Labute approximate surface area is 200 Å². The fraction of sp³-hybridized carbons (Fsp3) is 0.357. The van der Waals surface area contributed by atoms with Crippen LogP contribution >= 0.6 is 0 Å². The number of Topliss-reactive ketones (excluding diaryl/α,β-unsaturated/α-hetero) is 1. The van der Waals surface area contributed by atoms with E-state index in [1.54, 1.807) is 18.2 Å². The first-order valence-electron chi connectivity index (χ1n) is 11.9. The lowest BCUT2D eigenvalue weighted by atomic mass is 9.71. The third kappa shape index (κ3) is 4.58. The molecule has 4 rings (SSSR count). The van der Waals surface area contributed by atoms with Crippen LogP contribution in [0, 0.1) is 0 Å².